The Kier molecular flexibility index (Phi) is 3.67. The summed E-state index contributed by atoms with van der Waals surface area (Å²) in [7, 11) is 0. The third-order valence-corrected chi connectivity index (χ3v) is 4.69. The second-order valence-corrected chi connectivity index (χ2v) is 5.86. The monoisotopic (exact) mass is 244 g/mol. The van der Waals surface area contributed by atoms with E-state index in [1.165, 1.54) is 45.4 Å². The minimum Gasteiger partial charge on any atom is -0.314 e. The average Bonchev–Trinajstić information content (AvgIpc) is 2.68. The van der Waals surface area contributed by atoms with Gasteiger partial charge in [-0.15, -0.1) is 0 Å². The van der Waals surface area contributed by atoms with Gasteiger partial charge in [-0.25, -0.2) is 0 Å². The summed E-state index contributed by atoms with van der Waals surface area (Å²) in [6.45, 7) is 7.30. The van der Waals surface area contributed by atoms with Crippen LogP contribution in [0.25, 0.3) is 0 Å². The molecule has 2 atom stereocenters. The van der Waals surface area contributed by atoms with E-state index >= 15 is 0 Å². The number of nitrogens with one attached hydrogen (secondary N) is 1. The fourth-order valence-electron chi connectivity index (χ4n) is 3.39. The molecule has 3 rings (SSSR count). The first-order valence-electron chi connectivity index (χ1n) is 7.35. The van der Waals surface area contributed by atoms with E-state index in [4.69, 9.17) is 0 Å². The number of benzene rings is 1. The molecule has 2 aliphatic heterocycles. The largest absolute Gasteiger partial charge is 0.314 e. The molecule has 0 amide bonds. The zero-order chi connectivity index (χ0) is 12.4. The second kappa shape index (κ2) is 5.41. The molecule has 18 heavy (non-hydrogen) atoms. The molecule has 2 heterocycles. The van der Waals surface area contributed by atoms with Gasteiger partial charge in [0.2, 0.25) is 0 Å². The molecule has 98 valence electrons. The molecule has 0 radical (unpaired) electrons. The van der Waals surface area contributed by atoms with Crippen molar-refractivity contribution in [2.75, 3.05) is 26.2 Å². The predicted octanol–water partition coefficient (Wildman–Crippen LogP) is 2.09. The van der Waals surface area contributed by atoms with Crippen molar-refractivity contribution in [1.29, 1.82) is 0 Å². The molecule has 2 aliphatic rings. The van der Waals surface area contributed by atoms with Crippen LogP contribution in [0.1, 0.15) is 24.5 Å². The molecule has 0 aromatic heterocycles. The second-order valence-electron chi connectivity index (χ2n) is 5.86. The Labute approximate surface area is 110 Å². The maximum absolute atomic E-state index is 3.57. The Balaban J connectivity index is 1.61. The lowest BCUT2D eigenvalue weighted by Gasteiger charge is -2.25. The zero-order valence-electron chi connectivity index (χ0n) is 11.4. The summed E-state index contributed by atoms with van der Waals surface area (Å²) < 4.78 is 0. The van der Waals surface area contributed by atoms with E-state index in [9.17, 15) is 0 Å². The summed E-state index contributed by atoms with van der Waals surface area (Å²) in [6, 6.07) is 9.67. The lowest BCUT2D eigenvalue weighted by atomic mass is 10.0. The molecule has 0 saturated carbocycles. The van der Waals surface area contributed by atoms with Gasteiger partial charge in [0.1, 0.15) is 0 Å². The van der Waals surface area contributed by atoms with E-state index in [1.54, 1.807) is 11.1 Å². The third kappa shape index (κ3) is 2.60. The molecule has 2 nitrogen and oxygen atoms in total. The maximum atomic E-state index is 3.57. The maximum Gasteiger partial charge on any atom is 0.00796 e. The number of hydrogen-bond donors (Lipinski definition) is 1. The van der Waals surface area contributed by atoms with Gasteiger partial charge >= 0.3 is 0 Å². The SMILES string of the molecule is CC1NCCC1CN1CCc2ccccc2CC1. The Hall–Kier alpha value is -0.860. The summed E-state index contributed by atoms with van der Waals surface area (Å²) in [4.78, 5) is 2.67. The Morgan fingerprint density at radius 2 is 1.83 bits per heavy atom. The minimum atomic E-state index is 0.704. The first-order chi connectivity index (χ1) is 8.83. The van der Waals surface area contributed by atoms with Crippen LogP contribution in [0.5, 0.6) is 0 Å². The molecule has 0 spiro atoms. The van der Waals surface area contributed by atoms with Gasteiger partial charge in [0.25, 0.3) is 0 Å². The van der Waals surface area contributed by atoms with Crippen LogP contribution in [0, 0.1) is 5.92 Å². The van der Waals surface area contributed by atoms with Crippen LogP contribution < -0.4 is 5.32 Å². The van der Waals surface area contributed by atoms with Crippen molar-refractivity contribution in [3.05, 3.63) is 35.4 Å². The van der Waals surface area contributed by atoms with Gasteiger partial charge < -0.3 is 10.2 Å². The first-order valence-corrected chi connectivity index (χ1v) is 7.35. The predicted molar refractivity (Wildman–Crippen MR) is 75.9 cm³/mol. The van der Waals surface area contributed by atoms with Gasteiger partial charge in [-0.3, -0.25) is 0 Å². The highest BCUT2D eigenvalue weighted by Crippen LogP contribution is 2.20. The molecule has 1 N–H and O–H groups in total. The molecule has 1 saturated heterocycles. The Bertz CT molecular complexity index is 375. The molecular formula is C16H24N2. The number of hydrogen-bond acceptors (Lipinski definition) is 2. The van der Waals surface area contributed by atoms with Crippen LogP contribution in [-0.2, 0) is 12.8 Å². The van der Waals surface area contributed by atoms with Gasteiger partial charge in [0.15, 0.2) is 0 Å². The topological polar surface area (TPSA) is 15.3 Å². The van der Waals surface area contributed by atoms with Crippen LogP contribution in [0.2, 0.25) is 0 Å². The van der Waals surface area contributed by atoms with Gasteiger partial charge in [-0.05, 0) is 49.8 Å². The summed E-state index contributed by atoms with van der Waals surface area (Å²) in [5.41, 5.74) is 3.13. The average molecular weight is 244 g/mol. The van der Waals surface area contributed by atoms with Crippen LogP contribution in [0.3, 0.4) is 0 Å². The minimum absolute atomic E-state index is 0.704. The highest BCUT2D eigenvalue weighted by Gasteiger charge is 2.25. The zero-order valence-corrected chi connectivity index (χ0v) is 11.4. The molecule has 0 bridgehead atoms. The highest BCUT2D eigenvalue weighted by atomic mass is 15.1. The van der Waals surface area contributed by atoms with Crippen molar-refractivity contribution in [2.24, 2.45) is 5.92 Å². The van der Waals surface area contributed by atoms with Gasteiger partial charge in [-0.1, -0.05) is 24.3 Å². The Morgan fingerprint density at radius 3 is 2.39 bits per heavy atom. The number of nitrogens with zero attached hydrogens (tertiary/aromatic N) is 1. The standard InChI is InChI=1S/C16H24N2/c1-13-16(6-9-17-13)12-18-10-7-14-4-2-3-5-15(14)8-11-18/h2-5,13,16-17H,6-12H2,1H3. The van der Waals surface area contributed by atoms with Crippen molar-refractivity contribution >= 4 is 0 Å². The van der Waals surface area contributed by atoms with E-state index in [0.717, 1.165) is 5.92 Å². The van der Waals surface area contributed by atoms with E-state index in [1.807, 2.05) is 0 Å². The quantitative estimate of drug-likeness (QED) is 0.857. The van der Waals surface area contributed by atoms with Crippen molar-refractivity contribution in [3.63, 3.8) is 0 Å². The van der Waals surface area contributed by atoms with Crippen molar-refractivity contribution in [2.45, 2.75) is 32.2 Å². The Morgan fingerprint density at radius 1 is 1.17 bits per heavy atom. The smallest absolute Gasteiger partial charge is 0.00796 e. The van der Waals surface area contributed by atoms with Gasteiger partial charge in [-0.2, -0.15) is 0 Å². The van der Waals surface area contributed by atoms with E-state index < -0.39 is 0 Å². The van der Waals surface area contributed by atoms with Crippen molar-refractivity contribution < 1.29 is 0 Å². The van der Waals surface area contributed by atoms with Crippen molar-refractivity contribution in [1.82, 2.24) is 10.2 Å². The summed E-state index contributed by atoms with van der Waals surface area (Å²) in [6.07, 6.45) is 3.81. The lowest BCUT2D eigenvalue weighted by Crippen LogP contribution is -2.36. The van der Waals surface area contributed by atoms with Gasteiger partial charge in [0.05, 0.1) is 0 Å². The summed E-state index contributed by atoms with van der Waals surface area (Å²) in [5, 5.41) is 3.57. The van der Waals surface area contributed by atoms with E-state index in [0.29, 0.717) is 6.04 Å². The van der Waals surface area contributed by atoms with Crippen LogP contribution >= 0.6 is 0 Å². The third-order valence-electron chi connectivity index (χ3n) is 4.69. The fraction of sp³-hybridized carbons (Fsp3) is 0.625. The number of rotatable bonds is 2. The van der Waals surface area contributed by atoms with E-state index in [2.05, 4.69) is 41.4 Å². The summed E-state index contributed by atoms with van der Waals surface area (Å²) >= 11 is 0. The van der Waals surface area contributed by atoms with Gasteiger partial charge in [0, 0.05) is 25.7 Å². The van der Waals surface area contributed by atoms with Crippen LogP contribution in [0.15, 0.2) is 24.3 Å². The molecule has 1 fully saturated rings. The summed E-state index contributed by atoms with van der Waals surface area (Å²) in [5.74, 6) is 0.853. The van der Waals surface area contributed by atoms with Crippen LogP contribution in [0.4, 0.5) is 0 Å². The number of fused-ring (bicyclic) bond motifs is 1. The molecule has 0 aliphatic carbocycles. The molecular weight excluding hydrogens is 220 g/mol. The fourth-order valence-corrected chi connectivity index (χ4v) is 3.39. The molecule has 2 unspecified atom stereocenters. The molecule has 1 aromatic carbocycles. The molecule has 2 heteroatoms. The molecule has 1 aromatic rings. The highest BCUT2D eigenvalue weighted by molar-refractivity contribution is 5.28. The first kappa shape index (κ1) is 12.2. The normalized spacial score (nSPS) is 28.9. The van der Waals surface area contributed by atoms with E-state index in [-0.39, 0.29) is 0 Å². The van der Waals surface area contributed by atoms with Crippen molar-refractivity contribution in [3.8, 4) is 0 Å². The lowest BCUT2D eigenvalue weighted by molar-refractivity contribution is 0.232. The van der Waals surface area contributed by atoms with Crippen LogP contribution in [-0.4, -0.2) is 37.1 Å².